The highest BCUT2D eigenvalue weighted by atomic mass is 16.5. The maximum atomic E-state index is 5.48. The van der Waals surface area contributed by atoms with E-state index in [-0.39, 0.29) is 5.54 Å². The zero-order valence-corrected chi connectivity index (χ0v) is 11.8. The molecule has 2 heterocycles. The monoisotopic (exact) mass is 273 g/mol. The Morgan fingerprint density at radius 3 is 2.90 bits per heavy atom. The first-order chi connectivity index (χ1) is 9.73. The van der Waals surface area contributed by atoms with Gasteiger partial charge in [-0.05, 0) is 44.9 Å². The van der Waals surface area contributed by atoms with Gasteiger partial charge in [0.2, 0.25) is 11.7 Å². The normalized spacial score (nSPS) is 22.7. The van der Waals surface area contributed by atoms with Crippen molar-refractivity contribution in [2.24, 2.45) is 0 Å². The molecule has 0 spiro atoms. The van der Waals surface area contributed by atoms with Gasteiger partial charge >= 0.3 is 0 Å². The van der Waals surface area contributed by atoms with E-state index in [1.54, 1.807) is 7.11 Å². The fourth-order valence-corrected chi connectivity index (χ4v) is 2.63. The van der Waals surface area contributed by atoms with Crippen LogP contribution in [0.15, 0.2) is 28.8 Å². The predicted molar refractivity (Wildman–Crippen MR) is 75.5 cm³/mol. The second kappa shape index (κ2) is 5.25. The van der Waals surface area contributed by atoms with Crippen molar-refractivity contribution in [1.82, 2.24) is 15.5 Å². The zero-order chi connectivity index (χ0) is 14.0. The highest BCUT2D eigenvalue weighted by Crippen LogP contribution is 2.32. The van der Waals surface area contributed by atoms with Gasteiger partial charge in [-0.25, -0.2) is 0 Å². The summed E-state index contributed by atoms with van der Waals surface area (Å²) in [6, 6.07) is 7.69. The van der Waals surface area contributed by atoms with Gasteiger partial charge in [0.15, 0.2) is 0 Å². The van der Waals surface area contributed by atoms with Crippen molar-refractivity contribution in [3.63, 3.8) is 0 Å². The summed E-state index contributed by atoms with van der Waals surface area (Å²) in [6.45, 7) is 3.11. The molecule has 1 N–H and O–H groups in total. The van der Waals surface area contributed by atoms with Crippen molar-refractivity contribution >= 4 is 0 Å². The third-order valence-corrected chi connectivity index (χ3v) is 3.86. The number of nitrogens with zero attached hydrogens (tertiary/aromatic N) is 2. The Balaban J connectivity index is 1.94. The molecule has 1 unspecified atom stereocenters. The molecule has 5 heteroatoms. The van der Waals surface area contributed by atoms with E-state index in [1.165, 1.54) is 12.8 Å². The lowest BCUT2D eigenvalue weighted by Crippen LogP contribution is -2.43. The van der Waals surface area contributed by atoms with E-state index in [4.69, 9.17) is 9.26 Å². The number of hydrogen-bond donors (Lipinski definition) is 1. The number of nitrogens with one attached hydrogen (secondary N) is 1. The molecule has 106 valence electrons. The minimum atomic E-state index is -0.217. The van der Waals surface area contributed by atoms with Crippen LogP contribution in [0.5, 0.6) is 5.75 Å². The molecule has 20 heavy (non-hydrogen) atoms. The van der Waals surface area contributed by atoms with E-state index in [9.17, 15) is 0 Å². The molecule has 0 amide bonds. The van der Waals surface area contributed by atoms with Gasteiger partial charge in [-0.2, -0.15) is 4.98 Å². The fourth-order valence-electron chi connectivity index (χ4n) is 2.63. The number of aromatic nitrogens is 2. The molecule has 1 atom stereocenters. The third kappa shape index (κ3) is 2.29. The average molecular weight is 273 g/mol. The Morgan fingerprint density at radius 2 is 2.15 bits per heavy atom. The largest absolute Gasteiger partial charge is 0.496 e. The second-order valence-electron chi connectivity index (χ2n) is 5.34. The summed E-state index contributed by atoms with van der Waals surface area (Å²) in [6.07, 6.45) is 3.39. The van der Waals surface area contributed by atoms with Crippen LogP contribution in [0.4, 0.5) is 0 Å². The van der Waals surface area contributed by atoms with Crippen LogP contribution in [0.2, 0.25) is 0 Å². The van der Waals surface area contributed by atoms with Crippen molar-refractivity contribution in [3.05, 3.63) is 30.2 Å². The van der Waals surface area contributed by atoms with Crippen molar-refractivity contribution in [2.45, 2.75) is 31.7 Å². The summed E-state index contributed by atoms with van der Waals surface area (Å²) in [7, 11) is 1.64. The molecule has 0 aliphatic carbocycles. The van der Waals surface area contributed by atoms with Crippen LogP contribution in [-0.2, 0) is 5.54 Å². The van der Waals surface area contributed by atoms with Gasteiger partial charge in [0, 0.05) is 0 Å². The molecule has 5 nitrogen and oxygen atoms in total. The Hall–Kier alpha value is -1.88. The van der Waals surface area contributed by atoms with Gasteiger partial charge in [0.25, 0.3) is 0 Å². The maximum Gasteiger partial charge on any atom is 0.246 e. The second-order valence-corrected chi connectivity index (χ2v) is 5.34. The minimum Gasteiger partial charge on any atom is -0.496 e. The van der Waals surface area contributed by atoms with Crippen LogP contribution in [0.1, 0.15) is 32.1 Å². The summed E-state index contributed by atoms with van der Waals surface area (Å²) in [5.74, 6) is 1.98. The van der Waals surface area contributed by atoms with Gasteiger partial charge in [0.1, 0.15) is 5.75 Å². The van der Waals surface area contributed by atoms with E-state index in [2.05, 4.69) is 22.4 Å². The Kier molecular flexibility index (Phi) is 3.44. The molecule has 1 saturated heterocycles. The maximum absolute atomic E-state index is 5.48. The van der Waals surface area contributed by atoms with Crippen LogP contribution >= 0.6 is 0 Å². The molecule has 1 aliphatic rings. The Labute approximate surface area is 118 Å². The summed E-state index contributed by atoms with van der Waals surface area (Å²) in [4.78, 5) is 4.56. The molecule has 2 aromatic rings. The highest BCUT2D eigenvalue weighted by molar-refractivity contribution is 5.63. The van der Waals surface area contributed by atoms with E-state index in [0.29, 0.717) is 11.7 Å². The lowest BCUT2D eigenvalue weighted by atomic mass is 9.91. The van der Waals surface area contributed by atoms with Gasteiger partial charge in [-0.1, -0.05) is 17.3 Å². The van der Waals surface area contributed by atoms with E-state index >= 15 is 0 Å². The summed E-state index contributed by atoms with van der Waals surface area (Å²) < 4.78 is 10.8. The number of ether oxygens (including phenoxy) is 1. The highest BCUT2D eigenvalue weighted by Gasteiger charge is 2.34. The number of rotatable bonds is 3. The Bertz CT molecular complexity index is 588. The molecule has 3 rings (SSSR count). The van der Waals surface area contributed by atoms with Crippen molar-refractivity contribution < 1.29 is 9.26 Å². The molecular formula is C15H19N3O2. The number of benzene rings is 1. The van der Waals surface area contributed by atoms with Crippen molar-refractivity contribution in [1.29, 1.82) is 0 Å². The number of methoxy groups -OCH3 is 1. The van der Waals surface area contributed by atoms with E-state index in [1.807, 2.05) is 24.3 Å². The van der Waals surface area contributed by atoms with Crippen molar-refractivity contribution in [3.8, 4) is 17.1 Å². The van der Waals surface area contributed by atoms with Crippen molar-refractivity contribution in [2.75, 3.05) is 13.7 Å². The van der Waals surface area contributed by atoms with Crippen LogP contribution in [0.3, 0.4) is 0 Å². The summed E-state index contributed by atoms with van der Waals surface area (Å²) >= 11 is 0. The molecule has 1 aromatic heterocycles. The zero-order valence-electron chi connectivity index (χ0n) is 11.8. The lowest BCUT2D eigenvalue weighted by molar-refractivity contribution is 0.207. The van der Waals surface area contributed by atoms with Gasteiger partial charge in [-0.3, -0.25) is 0 Å². The summed E-state index contributed by atoms with van der Waals surface area (Å²) in [5, 5.41) is 7.59. The first-order valence-corrected chi connectivity index (χ1v) is 6.95. The fraction of sp³-hybridized carbons (Fsp3) is 0.467. The van der Waals surface area contributed by atoms with Gasteiger partial charge < -0.3 is 14.6 Å². The first kappa shape index (κ1) is 13.1. The molecule has 1 aromatic carbocycles. The molecule has 0 saturated carbocycles. The Morgan fingerprint density at radius 1 is 1.30 bits per heavy atom. The van der Waals surface area contributed by atoms with E-state index in [0.717, 1.165) is 24.3 Å². The smallest absolute Gasteiger partial charge is 0.246 e. The minimum absolute atomic E-state index is 0.217. The topological polar surface area (TPSA) is 60.2 Å². The first-order valence-electron chi connectivity index (χ1n) is 6.95. The van der Waals surface area contributed by atoms with Crippen LogP contribution in [-0.4, -0.2) is 23.8 Å². The predicted octanol–water partition coefficient (Wildman–Crippen LogP) is 2.73. The van der Waals surface area contributed by atoms with Crippen LogP contribution in [0.25, 0.3) is 11.4 Å². The van der Waals surface area contributed by atoms with Gasteiger partial charge in [0.05, 0.1) is 18.2 Å². The molecule has 0 bridgehead atoms. The van der Waals surface area contributed by atoms with Gasteiger partial charge in [-0.15, -0.1) is 0 Å². The number of para-hydroxylation sites is 1. The number of hydrogen-bond acceptors (Lipinski definition) is 5. The van der Waals surface area contributed by atoms with E-state index < -0.39 is 0 Å². The quantitative estimate of drug-likeness (QED) is 0.931. The molecule has 1 aliphatic heterocycles. The summed E-state index contributed by atoms with van der Waals surface area (Å²) in [5.41, 5.74) is 0.635. The molecule has 1 fully saturated rings. The molecular weight excluding hydrogens is 254 g/mol. The number of piperidine rings is 1. The lowest BCUT2D eigenvalue weighted by Gasteiger charge is -2.31. The third-order valence-electron chi connectivity index (χ3n) is 3.86. The standard InChI is InChI=1S/C15H19N3O2/c1-15(9-5-6-10-16-15)14-17-13(18-20-14)11-7-3-4-8-12(11)19-2/h3-4,7-8,16H,5-6,9-10H2,1-2H3. The average Bonchev–Trinajstić information content (AvgIpc) is 2.98. The van der Waals surface area contributed by atoms with Crippen LogP contribution in [0, 0.1) is 0 Å². The van der Waals surface area contributed by atoms with Crippen LogP contribution < -0.4 is 10.1 Å². The SMILES string of the molecule is COc1ccccc1-c1noc(C2(C)CCCCN2)n1. The molecule has 0 radical (unpaired) electrons.